The molecule has 0 bridgehead atoms. The Kier molecular flexibility index (Phi) is 4.01. The van der Waals surface area contributed by atoms with E-state index in [2.05, 4.69) is 9.82 Å². The molecule has 0 saturated heterocycles. The predicted octanol–water partition coefficient (Wildman–Crippen LogP) is 2.92. The Labute approximate surface area is 102 Å². The van der Waals surface area contributed by atoms with Crippen LogP contribution in [-0.2, 0) is 16.4 Å². The van der Waals surface area contributed by atoms with Crippen molar-refractivity contribution in [3.05, 3.63) is 28.5 Å². The van der Waals surface area contributed by atoms with E-state index < -0.39 is 17.2 Å². The molecular weight excluding hydrogens is 257 g/mol. The Bertz CT molecular complexity index is 407. The van der Waals surface area contributed by atoms with E-state index in [1.54, 1.807) is 13.8 Å². The summed E-state index contributed by atoms with van der Waals surface area (Å²) < 4.78 is 37.6. The lowest BCUT2D eigenvalue weighted by Crippen LogP contribution is -2.27. The van der Waals surface area contributed by atoms with Crippen LogP contribution in [0.15, 0.2) is 12.3 Å². The second kappa shape index (κ2) is 4.80. The Hall–Kier alpha value is -0.850. The quantitative estimate of drug-likeness (QED) is 0.677. The largest absolute Gasteiger partial charge is 0.417 e. The Morgan fingerprint density at radius 3 is 2.47 bits per heavy atom. The smallest absolute Gasteiger partial charge is 0.304 e. The van der Waals surface area contributed by atoms with Crippen molar-refractivity contribution < 1.29 is 18.0 Å². The monoisotopic (exact) mass is 268 g/mol. The van der Waals surface area contributed by atoms with Crippen LogP contribution in [0.3, 0.4) is 0 Å². The molecular formula is C10H12ClF3N2O. The number of nitrogens with two attached hydrogens (primary N) is 1. The van der Waals surface area contributed by atoms with Gasteiger partial charge in [0.2, 0.25) is 0 Å². The van der Waals surface area contributed by atoms with Crippen LogP contribution in [0.2, 0.25) is 5.15 Å². The summed E-state index contributed by atoms with van der Waals surface area (Å²) >= 11 is 5.79. The van der Waals surface area contributed by atoms with Crippen LogP contribution in [0.4, 0.5) is 13.2 Å². The molecule has 0 aliphatic heterocycles. The molecule has 0 unspecified atom stereocenters. The molecule has 1 aromatic rings. The summed E-state index contributed by atoms with van der Waals surface area (Å²) in [6.45, 7) is 3.38. The van der Waals surface area contributed by atoms with Crippen molar-refractivity contribution in [1.82, 2.24) is 4.98 Å². The van der Waals surface area contributed by atoms with Gasteiger partial charge in [-0.3, -0.25) is 0 Å². The zero-order chi connectivity index (χ0) is 13.3. The lowest BCUT2D eigenvalue weighted by Gasteiger charge is -2.25. The molecule has 17 heavy (non-hydrogen) atoms. The van der Waals surface area contributed by atoms with Crippen molar-refractivity contribution in [1.29, 1.82) is 0 Å². The van der Waals surface area contributed by atoms with E-state index >= 15 is 0 Å². The standard InChI is InChI=1S/C10H12ClF3N2O/c1-9(2,5-17-15)7-3-6(10(12,13)14)4-16-8(7)11/h3-4H,5,15H2,1-2H3. The molecule has 0 spiro atoms. The molecule has 1 rings (SSSR count). The first kappa shape index (κ1) is 14.2. The zero-order valence-corrected chi connectivity index (χ0v) is 10.1. The van der Waals surface area contributed by atoms with Crippen molar-refractivity contribution in [2.24, 2.45) is 5.90 Å². The highest BCUT2D eigenvalue weighted by Crippen LogP contribution is 2.35. The number of nitrogens with zero attached hydrogens (tertiary/aromatic N) is 1. The number of pyridine rings is 1. The number of aromatic nitrogens is 1. The van der Waals surface area contributed by atoms with Crippen molar-refractivity contribution in [2.75, 3.05) is 6.61 Å². The highest BCUT2D eigenvalue weighted by Gasteiger charge is 2.34. The minimum atomic E-state index is -4.45. The first-order valence-corrected chi connectivity index (χ1v) is 5.11. The lowest BCUT2D eigenvalue weighted by atomic mass is 9.86. The van der Waals surface area contributed by atoms with Gasteiger partial charge < -0.3 is 4.84 Å². The van der Waals surface area contributed by atoms with E-state index in [9.17, 15) is 13.2 Å². The van der Waals surface area contributed by atoms with Gasteiger partial charge in [-0.25, -0.2) is 10.9 Å². The van der Waals surface area contributed by atoms with Gasteiger partial charge >= 0.3 is 6.18 Å². The fraction of sp³-hybridized carbons (Fsp3) is 0.500. The van der Waals surface area contributed by atoms with Gasteiger partial charge in [-0.05, 0) is 11.6 Å². The molecule has 0 aliphatic carbocycles. The first-order chi connectivity index (χ1) is 7.68. The first-order valence-electron chi connectivity index (χ1n) is 4.73. The molecule has 3 nitrogen and oxygen atoms in total. The molecule has 0 aromatic carbocycles. The van der Waals surface area contributed by atoms with E-state index in [1.807, 2.05) is 0 Å². The van der Waals surface area contributed by atoms with Gasteiger partial charge in [0.25, 0.3) is 0 Å². The summed E-state index contributed by atoms with van der Waals surface area (Å²) in [7, 11) is 0. The van der Waals surface area contributed by atoms with E-state index in [1.165, 1.54) is 0 Å². The minimum Gasteiger partial charge on any atom is -0.304 e. The molecule has 1 heterocycles. The summed E-state index contributed by atoms with van der Waals surface area (Å²) in [5.41, 5.74) is -1.35. The summed E-state index contributed by atoms with van der Waals surface area (Å²) in [5.74, 6) is 4.94. The Balaban J connectivity index is 3.24. The SMILES string of the molecule is CC(C)(CON)c1cc(C(F)(F)F)cnc1Cl. The second-order valence-electron chi connectivity index (χ2n) is 4.26. The molecule has 0 amide bonds. The number of hydrogen-bond donors (Lipinski definition) is 1. The topological polar surface area (TPSA) is 48.1 Å². The van der Waals surface area contributed by atoms with E-state index in [0.717, 1.165) is 6.07 Å². The van der Waals surface area contributed by atoms with Crippen LogP contribution in [0.25, 0.3) is 0 Å². The third-order valence-electron chi connectivity index (χ3n) is 2.34. The van der Waals surface area contributed by atoms with Crippen molar-refractivity contribution in [3.8, 4) is 0 Å². The normalized spacial score (nSPS) is 12.9. The molecule has 0 saturated carbocycles. The summed E-state index contributed by atoms with van der Waals surface area (Å²) in [6, 6.07) is 0.967. The zero-order valence-electron chi connectivity index (χ0n) is 9.31. The van der Waals surface area contributed by atoms with Gasteiger partial charge in [-0.2, -0.15) is 13.2 Å². The number of rotatable bonds is 3. The second-order valence-corrected chi connectivity index (χ2v) is 4.61. The maximum Gasteiger partial charge on any atom is 0.417 e. The fourth-order valence-corrected chi connectivity index (χ4v) is 1.72. The van der Waals surface area contributed by atoms with Gasteiger partial charge in [0.15, 0.2) is 0 Å². The average Bonchev–Trinajstić information content (AvgIpc) is 2.15. The molecule has 1 aromatic heterocycles. The van der Waals surface area contributed by atoms with Crippen LogP contribution in [-0.4, -0.2) is 11.6 Å². The number of hydrogen-bond acceptors (Lipinski definition) is 3. The molecule has 2 N–H and O–H groups in total. The molecule has 7 heteroatoms. The fourth-order valence-electron chi connectivity index (χ4n) is 1.36. The maximum absolute atomic E-state index is 12.5. The van der Waals surface area contributed by atoms with Gasteiger partial charge in [0.1, 0.15) is 5.15 Å². The molecule has 0 fully saturated rings. The van der Waals surface area contributed by atoms with E-state index in [4.69, 9.17) is 17.5 Å². The lowest BCUT2D eigenvalue weighted by molar-refractivity contribution is -0.137. The summed E-state index contributed by atoms with van der Waals surface area (Å²) in [6.07, 6.45) is -3.75. The van der Waals surface area contributed by atoms with Crippen LogP contribution in [0.1, 0.15) is 25.0 Å². The van der Waals surface area contributed by atoms with Gasteiger partial charge in [0.05, 0.1) is 12.2 Å². The Morgan fingerprint density at radius 2 is 2.00 bits per heavy atom. The van der Waals surface area contributed by atoms with Crippen molar-refractivity contribution >= 4 is 11.6 Å². The Morgan fingerprint density at radius 1 is 1.41 bits per heavy atom. The average molecular weight is 269 g/mol. The molecule has 0 atom stereocenters. The predicted molar refractivity (Wildman–Crippen MR) is 57.4 cm³/mol. The van der Waals surface area contributed by atoms with E-state index in [-0.39, 0.29) is 17.3 Å². The van der Waals surface area contributed by atoms with Gasteiger partial charge in [-0.1, -0.05) is 25.4 Å². The number of alkyl halides is 3. The molecule has 0 aliphatic rings. The number of halogens is 4. The molecule has 96 valence electrons. The minimum absolute atomic E-state index is 0.0139. The van der Waals surface area contributed by atoms with E-state index in [0.29, 0.717) is 6.20 Å². The summed E-state index contributed by atoms with van der Waals surface area (Å²) in [5, 5.41) is 0.0139. The highest BCUT2D eigenvalue weighted by atomic mass is 35.5. The van der Waals surface area contributed by atoms with Crippen molar-refractivity contribution in [3.63, 3.8) is 0 Å². The third kappa shape index (κ3) is 3.31. The maximum atomic E-state index is 12.5. The third-order valence-corrected chi connectivity index (χ3v) is 2.64. The van der Waals surface area contributed by atoms with Crippen LogP contribution in [0.5, 0.6) is 0 Å². The van der Waals surface area contributed by atoms with Crippen molar-refractivity contribution in [2.45, 2.75) is 25.4 Å². The van der Waals surface area contributed by atoms with Crippen LogP contribution < -0.4 is 5.90 Å². The van der Waals surface area contributed by atoms with Gasteiger partial charge in [0, 0.05) is 11.6 Å². The summed E-state index contributed by atoms with van der Waals surface area (Å²) in [4.78, 5) is 8.02. The van der Waals surface area contributed by atoms with Crippen LogP contribution >= 0.6 is 11.6 Å². The van der Waals surface area contributed by atoms with Gasteiger partial charge in [-0.15, -0.1) is 0 Å². The highest BCUT2D eigenvalue weighted by molar-refractivity contribution is 6.30. The molecule has 0 radical (unpaired) electrons. The van der Waals surface area contributed by atoms with Crippen LogP contribution in [0, 0.1) is 0 Å².